The Morgan fingerprint density at radius 2 is 0.854 bits per heavy atom. The SMILES string of the molecule is c1ccc(-c2ccc(N(c3ccc(-c4ccccc4)cc3)c3ccc4c(c3)Cc3ccccc3-c3ccc5ccccc5c3-4)cc2)cc1. The molecule has 0 amide bonds. The molecule has 1 aliphatic carbocycles. The van der Waals surface area contributed by atoms with Crippen LogP contribution in [-0.2, 0) is 6.42 Å². The van der Waals surface area contributed by atoms with Crippen LogP contribution in [0.3, 0.4) is 0 Å². The van der Waals surface area contributed by atoms with Crippen molar-refractivity contribution in [1.82, 2.24) is 0 Å². The minimum absolute atomic E-state index is 0.871. The number of hydrogen-bond acceptors (Lipinski definition) is 1. The zero-order valence-corrected chi connectivity index (χ0v) is 26.6. The average Bonchev–Trinajstić information content (AvgIpc) is 3.30. The summed E-state index contributed by atoms with van der Waals surface area (Å²) >= 11 is 0. The fraction of sp³-hybridized carbons (Fsp3) is 0.0213. The van der Waals surface area contributed by atoms with Crippen LogP contribution < -0.4 is 4.90 Å². The van der Waals surface area contributed by atoms with Crippen molar-refractivity contribution in [3.63, 3.8) is 0 Å². The zero-order valence-electron chi connectivity index (χ0n) is 26.6. The van der Waals surface area contributed by atoms with Crippen molar-refractivity contribution in [2.24, 2.45) is 0 Å². The molecule has 0 radical (unpaired) electrons. The van der Waals surface area contributed by atoms with Gasteiger partial charge in [-0.2, -0.15) is 0 Å². The van der Waals surface area contributed by atoms with Gasteiger partial charge in [-0.05, 0) is 109 Å². The predicted octanol–water partition coefficient (Wildman–Crippen LogP) is 12.9. The Balaban J connectivity index is 1.21. The summed E-state index contributed by atoms with van der Waals surface area (Å²) in [6.45, 7) is 0. The van der Waals surface area contributed by atoms with Crippen LogP contribution in [0.1, 0.15) is 11.1 Å². The van der Waals surface area contributed by atoms with Crippen LogP contribution in [0.25, 0.3) is 55.3 Å². The number of hydrogen-bond donors (Lipinski definition) is 0. The van der Waals surface area contributed by atoms with Gasteiger partial charge >= 0.3 is 0 Å². The van der Waals surface area contributed by atoms with Crippen LogP contribution in [-0.4, -0.2) is 0 Å². The van der Waals surface area contributed by atoms with Crippen molar-refractivity contribution in [3.8, 4) is 44.5 Å². The molecule has 0 saturated heterocycles. The Morgan fingerprint density at radius 1 is 0.333 bits per heavy atom. The number of nitrogens with zero attached hydrogens (tertiary/aromatic N) is 1. The van der Waals surface area contributed by atoms with Crippen LogP contribution in [0, 0.1) is 0 Å². The molecule has 0 bridgehead atoms. The van der Waals surface area contributed by atoms with Gasteiger partial charge in [0, 0.05) is 17.1 Å². The molecule has 0 unspecified atom stereocenters. The normalized spacial score (nSPS) is 11.7. The van der Waals surface area contributed by atoms with Crippen molar-refractivity contribution < 1.29 is 0 Å². The van der Waals surface area contributed by atoms with Crippen LogP contribution in [0.15, 0.2) is 188 Å². The second-order valence-electron chi connectivity index (χ2n) is 12.5. The van der Waals surface area contributed by atoms with Crippen molar-refractivity contribution in [1.29, 1.82) is 0 Å². The van der Waals surface area contributed by atoms with Gasteiger partial charge in [-0.15, -0.1) is 0 Å². The first kappa shape index (κ1) is 28.1. The molecule has 0 aromatic heterocycles. The fourth-order valence-electron chi connectivity index (χ4n) is 7.35. The van der Waals surface area contributed by atoms with Crippen molar-refractivity contribution in [2.45, 2.75) is 6.42 Å². The molecule has 0 spiro atoms. The maximum Gasteiger partial charge on any atom is 0.0464 e. The lowest BCUT2D eigenvalue weighted by Gasteiger charge is -2.27. The Bertz CT molecular complexity index is 2310. The van der Waals surface area contributed by atoms with Gasteiger partial charge in [-0.1, -0.05) is 152 Å². The Kier molecular flexibility index (Phi) is 6.95. The third-order valence-corrected chi connectivity index (χ3v) is 9.70. The van der Waals surface area contributed by atoms with E-state index in [1.807, 2.05) is 0 Å². The molecule has 0 aliphatic heterocycles. The summed E-state index contributed by atoms with van der Waals surface area (Å²) in [7, 11) is 0. The van der Waals surface area contributed by atoms with Gasteiger partial charge in [0.2, 0.25) is 0 Å². The molecule has 0 heterocycles. The molecule has 8 aromatic rings. The van der Waals surface area contributed by atoms with E-state index in [9.17, 15) is 0 Å². The van der Waals surface area contributed by atoms with Crippen molar-refractivity contribution in [3.05, 3.63) is 199 Å². The van der Waals surface area contributed by atoms with Gasteiger partial charge in [0.05, 0.1) is 0 Å². The number of rotatable bonds is 5. The zero-order chi connectivity index (χ0) is 31.9. The van der Waals surface area contributed by atoms with Gasteiger partial charge in [0.25, 0.3) is 0 Å². The summed E-state index contributed by atoms with van der Waals surface area (Å²) in [6, 6.07) is 68.5. The number of benzene rings is 8. The largest absolute Gasteiger partial charge is 0.310 e. The van der Waals surface area contributed by atoms with Crippen molar-refractivity contribution >= 4 is 27.8 Å². The first-order valence-corrected chi connectivity index (χ1v) is 16.6. The average molecular weight is 612 g/mol. The molecule has 9 rings (SSSR count). The predicted molar refractivity (Wildman–Crippen MR) is 203 cm³/mol. The van der Waals surface area contributed by atoms with E-state index >= 15 is 0 Å². The van der Waals surface area contributed by atoms with E-state index in [-0.39, 0.29) is 0 Å². The van der Waals surface area contributed by atoms with Crippen molar-refractivity contribution in [2.75, 3.05) is 4.90 Å². The lowest BCUT2D eigenvalue weighted by molar-refractivity contribution is 1.19. The number of fused-ring (bicyclic) bond motifs is 7. The highest BCUT2D eigenvalue weighted by Crippen LogP contribution is 2.46. The van der Waals surface area contributed by atoms with Gasteiger partial charge in [-0.25, -0.2) is 0 Å². The molecule has 226 valence electrons. The van der Waals surface area contributed by atoms with E-state index < -0.39 is 0 Å². The smallest absolute Gasteiger partial charge is 0.0464 e. The minimum atomic E-state index is 0.871. The summed E-state index contributed by atoms with van der Waals surface area (Å²) in [5.74, 6) is 0. The highest BCUT2D eigenvalue weighted by atomic mass is 15.1. The maximum absolute atomic E-state index is 2.42. The molecule has 0 fully saturated rings. The van der Waals surface area contributed by atoms with Gasteiger partial charge < -0.3 is 4.90 Å². The van der Waals surface area contributed by atoms with Crippen LogP contribution in [0.2, 0.25) is 0 Å². The first-order chi connectivity index (χ1) is 23.8. The number of anilines is 3. The highest BCUT2D eigenvalue weighted by molar-refractivity contribution is 6.06. The molecule has 8 aromatic carbocycles. The van der Waals surface area contributed by atoms with E-state index in [0.29, 0.717) is 0 Å². The minimum Gasteiger partial charge on any atom is -0.310 e. The summed E-state index contributed by atoms with van der Waals surface area (Å²) < 4.78 is 0. The molecule has 1 heteroatoms. The van der Waals surface area contributed by atoms with E-state index in [1.165, 1.54) is 66.4 Å². The van der Waals surface area contributed by atoms with Crippen LogP contribution >= 0.6 is 0 Å². The second kappa shape index (κ2) is 11.9. The molecule has 48 heavy (non-hydrogen) atoms. The molecular weight excluding hydrogens is 579 g/mol. The van der Waals surface area contributed by atoms with E-state index in [0.717, 1.165) is 23.5 Å². The molecule has 1 aliphatic rings. The Hall–Kier alpha value is -6.18. The topological polar surface area (TPSA) is 3.24 Å². The van der Waals surface area contributed by atoms with Gasteiger partial charge in [0.15, 0.2) is 0 Å². The molecule has 0 saturated carbocycles. The van der Waals surface area contributed by atoms with Crippen LogP contribution in [0.4, 0.5) is 17.1 Å². The monoisotopic (exact) mass is 611 g/mol. The summed E-state index contributed by atoms with van der Waals surface area (Å²) in [5, 5.41) is 2.56. The van der Waals surface area contributed by atoms with E-state index in [1.54, 1.807) is 0 Å². The standard InChI is InChI=1S/C47H33N/c1-3-11-33(12-4-1)35-19-24-40(25-20-35)48(41-26-21-36(22-27-41)34-13-5-2-6-14-34)42-28-30-45-39(32-42)31-38-16-8-9-17-43(38)46-29-23-37-15-7-10-18-44(37)47(45)46/h1-30,32H,31H2. The first-order valence-electron chi connectivity index (χ1n) is 16.6. The fourth-order valence-corrected chi connectivity index (χ4v) is 7.35. The molecule has 0 atom stereocenters. The molecule has 0 N–H and O–H groups in total. The lowest BCUT2D eigenvalue weighted by Crippen LogP contribution is -2.10. The Labute approximate surface area is 282 Å². The summed E-state index contributed by atoms with van der Waals surface area (Å²) in [5.41, 5.74) is 16.2. The van der Waals surface area contributed by atoms with Gasteiger partial charge in [0.1, 0.15) is 0 Å². The maximum atomic E-state index is 2.42. The second-order valence-corrected chi connectivity index (χ2v) is 12.5. The van der Waals surface area contributed by atoms with E-state index in [4.69, 9.17) is 0 Å². The summed E-state index contributed by atoms with van der Waals surface area (Å²) in [6.07, 6.45) is 0.871. The highest BCUT2D eigenvalue weighted by Gasteiger charge is 2.23. The third-order valence-electron chi connectivity index (χ3n) is 9.70. The summed E-state index contributed by atoms with van der Waals surface area (Å²) in [4.78, 5) is 2.39. The molecular formula is C47H33N. The quantitative estimate of drug-likeness (QED) is 0.187. The van der Waals surface area contributed by atoms with Crippen LogP contribution in [0.5, 0.6) is 0 Å². The third kappa shape index (κ3) is 4.98. The van der Waals surface area contributed by atoms with Gasteiger partial charge in [-0.3, -0.25) is 0 Å². The molecule has 1 nitrogen and oxygen atoms in total. The van der Waals surface area contributed by atoms with E-state index in [2.05, 4.69) is 193 Å². The lowest BCUT2D eigenvalue weighted by atomic mass is 9.89. The Morgan fingerprint density at radius 3 is 1.52 bits per heavy atom.